The summed E-state index contributed by atoms with van der Waals surface area (Å²) in [7, 11) is 1.59. The third kappa shape index (κ3) is 6.48. The van der Waals surface area contributed by atoms with Crippen molar-refractivity contribution >= 4 is 23.9 Å². The lowest BCUT2D eigenvalue weighted by Gasteiger charge is -2.50. The van der Waals surface area contributed by atoms with E-state index in [1.165, 1.54) is 11.2 Å². The van der Waals surface area contributed by atoms with Crippen LogP contribution in [0.4, 0.5) is 0 Å². The average Bonchev–Trinajstić information content (AvgIpc) is 3.86. The Morgan fingerprint density at radius 1 is 0.963 bits per heavy atom. The van der Waals surface area contributed by atoms with E-state index in [4.69, 9.17) is 28.9 Å². The number of nitrogens with zero attached hydrogens (tertiary/aromatic N) is 2. The van der Waals surface area contributed by atoms with Crippen molar-refractivity contribution in [3.63, 3.8) is 0 Å². The van der Waals surface area contributed by atoms with Gasteiger partial charge in [0.15, 0.2) is 11.8 Å². The van der Waals surface area contributed by atoms with E-state index in [-0.39, 0.29) is 45.8 Å². The van der Waals surface area contributed by atoms with Gasteiger partial charge in [0, 0.05) is 39.3 Å². The number of aliphatic hydroxyl groups excluding tert-OH is 2. The zero-order valence-electron chi connectivity index (χ0n) is 30.0. The summed E-state index contributed by atoms with van der Waals surface area (Å²) in [5.74, 6) is -2.45. The number of fused-ring (bicyclic) bond motifs is 5. The van der Waals surface area contributed by atoms with Crippen molar-refractivity contribution in [2.45, 2.75) is 74.5 Å². The van der Waals surface area contributed by atoms with Gasteiger partial charge in [0.25, 0.3) is 0 Å². The molecule has 3 aromatic rings. The van der Waals surface area contributed by atoms with Gasteiger partial charge in [-0.1, -0.05) is 78.9 Å². The third-order valence-electron chi connectivity index (χ3n) is 11.3. The van der Waals surface area contributed by atoms with Gasteiger partial charge in [0.05, 0.1) is 26.0 Å². The molecule has 13 nitrogen and oxygen atoms in total. The number of benzene rings is 3. The maximum atomic E-state index is 15.4. The zero-order valence-corrected chi connectivity index (χ0v) is 30.0. The molecule has 3 heterocycles. The highest BCUT2D eigenvalue weighted by Gasteiger charge is 2.77. The summed E-state index contributed by atoms with van der Waals surface area (Å²) in [6.07, 6.45) is 1.50. The van der Waals surface area contributed by atoms with Crippen molar-refractivity contribution in [1.82, 2.24) is 15.3 Å². The van der Waals surface area contributed by atoms with Crippen molar-refractivity contribution in [3.8, 4) is 0 Å². The molecule has 3 aliphatic heterocycles. The Kier molecular flexibility index (Phi) is 10.0. The minimum absolute atomic E-state index is 0.0253. The van der Waals surface area contributed by atoms with Gasteiger partial charge in [-0.05, 0) is 33.9 Å². The smallest absolute Gasteiger partial charge is 0.327 e. The van der Waals surface area contributed by atoms with Crippen LogP contribution >= 0.6 is 0 Å². The minimum Gasteiger partial charge on any atom is -0.499 e. The lowest BCUT2D eigenvalue weighted by Crippen LogP contribution is -2.70. The van der Waals surface area contributed by atoms with Crippen LogP contribution in [0.15, 0.2) is 85.1 Å². The molecular weight excluding hydrogens is 694 g/mol. The number of esters is 1. The minimum atomic E-state index is -1.48. The second-order valence-corrected chi connectivity index (χ2v) is 14.7. The molecular formula is C41H45N3O10. The van der Waals surface area contributed by atoms with Gasteiger partial charge in [0.1, 0.15) is 42.5 Å². The molecule has 2 amide bonds. The van der Waals surface area contributed by atoms with Gasteiger partial charge >= 0.3 is 5.97 Å². The van der Waals surface area contributed by atoms with E-state index in [2.05, 4.69) is 17.4 Å². The molecule has 0 radical (unpaired) electrons. The molecule has 8 rings (SSSR count). The number of hydrogen-bond donors (Lipinski definition) is 3. The summed E-state index contributed by atoms with van der Waals surface area (Å²) in [6, 6.07) is 23.0. The van der Waals surface area contributed by atoms with Crippen molar-refractivity contribution in [2.24, 2.45) is 5.41 Å². The molecule has 1 saturated carbocycles. The number of carbonyl (C=O) groups excluding carboxylic acids is 3. The SMILES string of the molecule is CN(C(=O)[C@@]12C[C@H]3OC(=O)[C@@H]1N(Cc1ccc(C=COCCO)cc1)O[C@@H]2[C@H]1OC2(Cc4ccccc4C2)O[C@H]13)[C@H](Cc1ccccc1)C(=O)NCCO. The lowest BCUT2D eigenvalue weighted by molar-refractivity contribution is -0.218. The topological polar surface area (TPSA) is 156 Å². The van der Waals surface area contributed by atoms with E-state index in [1.807, 2.05) is 66.7 Å². The number of amides is 2. The fraction of sp³-hybridized carbons (Fsp3) is 0.439. The maximum absolute atomic E-state index is 15.4. The molecule has 2 bridgehead atoms. The first kappa shape index (κ1) is 36.4. The number of hydrogen-bond acceptors (Lipinski definition) is 11. The summed E-state index contributed by atoms with van der Waals surface area (Å²) >= 11 is 0. The fourth-order valence-electron chi connectivity index (χ4n) is 8.91. The number of nitrogens with one attached hydrogen (secondary N) is 1. The van der Waals surface area contributed by atoms with E-state index >= 15 is 4.79 Å². The molecule has 7 atom stereocenters. The molecule has 5 aliphatic rings. The normalized spacial score (nSPS) is 28.1. The second kappa shape index (κ2) is 14.9. The number of rotatable bonds is 13. The van der Waals surface area contributed by atoms with Crippen LogP contribution in [0.5, 0.6) is 0 Å². The maximum Gasteiger partial charge on any atom is 0.327 e. The number of likely N-dealkylation sites (N-methyl/N-ethyl adjacent to an activating group) is 1. The molecule has 1 spiro atoms. The van der Waals surface area contributed by atoms with Crippen LogP contribution in [0.25, 0.3) is 6.08 Å². The van der Waals surface area contributed by atoms with Crippen LogP contribution in [0.1, 0.15) is 34.2 Å². The standard InChI is InChI=1S/C41H45N3O10/c1-43(31(37(47)42-16-17-45)21-27-7-3-2-4-8-27)39(49)41-24-32-33-34(53-40(52-33)22-29-9-5-6-10-30(29)23-40)36(41)54-44(35(41)38(48)51-32)25-28-13-11-26(12-14-28)15-19-50-20-18-46/h2-15,19,31-36,45-46H,16-18,20-25H2,1H3,(H,42,47)/t31-,32-,33+,34+,35+,36-,41+/m1/s1. The number of aliphatic hydroxyl groups is 2. The Morgan fingerprint density at radius 2 is 1.67 bits per heavy atom. The summed E-state index contributed by atoms with van der Waals surface area (Å²) in [4.78, 5) is 51.6. The highest BCUT2D eigenvalue weighted by atomic mass is 16.8. The molecule has 13 heteroatoms. The third-order valence-corrected chi connectivity index (χ3v) is 11.3. The number of ether oxygens (including phenoxy) is 4. The highest BCUT2D eigenvalue weighted by Crippen LogP contribution is 2.59. The molecule has 3 N–H and O–H groups in total. The molecule has 54 heavy (non-hydrogen) atoms. The van der Waals surface area contributed by atoms with Crippen LogP contribution in [0.2, 0.25) is 0 Å². The Morgan fingerprint density at radius 3 is 2.37 bits per heavy atom. The molecule has 0 unspecified atom stereocenters. The second-order valence-electron chi connectivity index (χ2n) is 14.7. The van der Waals surface area contributed by atoms with E-state index in [0.29, 0.717) is 12.8 Å². The zero-order chi connectivity index (χ0) is 37.5. The predicted octanol–water partition coefficient (Wildman–Crippen LogP) is 1.92. The van der Waals surface area contributed by atoms with Crippen molar-refractivity contribution in [1.29, 1.82) is 0 Å². The van der Waals surface area contributed by atoms with Crippen LogP contribution in [-0.2, 0) is 64.0 Å². The van der Waals surface area contributed by atoms with Crippen molar-refractivity contribution < 1.29 is 48.4 Å². The van der Waals surface area contributed by atoms with Crippen LogP contribution in [-0.4, -0.2) is 114 Å². The van der Waals surface area contributed by atoms with Gasteiger partial charge < -0.3 is 39.4 Å². The van der Waals surface area contributed by atoms with Crippen molar-refractivity contribution in [3.05, 3.63) is 113 Å². The average molecular weight is 740 g/mol. The van der Waals surface area contributed by atoms with Gasteiger partial charge in [0.2, 0.25) is 11.8 Å². The van der Waals surface area contributed by atoms with Crippen molar-refractivity contribution in [2.75, 3.05) is 33.4 Å². The van der Waals surface area contributed by atoms with Gasteiger partial charge in [-0.2, -0.15) is 5.06 Å². The quantitative estimate of drug-likeness (QED) is 0.134. The van der Waals surface area contributed by atoms with Gasteiger partial charge in [-0.3, -0.25) is 19.2 Å². The van der Waals surface area contributed by atoms with E-state index < -0.39 is 65.5 Å². The van der Waals surface area contributed by atoms with E-state index in [0.717, 1.165) is 27.8 Å². The molecule has 3 saturated heterocycles. The summed E-state index contributed by atoms with van der Waals surface area (Å²) < 4.78 is 25.1. The first-order chi connectivity index (χ1) is 26.2. The van der Waals surface area contributed by atoms with Gasteiger partial charge in [-0.25, -0.2) is 0 Å². The molecule has 0 aromatic heterocycles. The molecule has 3 aromatic carbocycles. The first-order valence-electron chi connectivity index (χ1n) is 18.5. The Balaban J connectivity index is 1.14. The monoisotopic (exact) mass is 739 g/mol. The summed E-state index contributed by atoms with van der Waals surface area (Å²) in [6.45, 7) is 0.0391. The van der Waals surface area contributed by atoms with E-state index in [9.17, 15) is 14.7 Å². The first-order valence-corrected chi connectivity index (χ1v) is 18.5. The van der Waals surface area contributed by atoms with Crippen LogP contribution in [0.3, 0.4) is 0 Å². The van der Waals surface area contributed by atoms with Crippen LogP contribution < -0.4 is 5.32 Å². The lowest BCUT2D eigenvalue weighted by atomic mass is 9.62. The van der Waals surface area contributed by atoms with Crippen LogP contribution in [0, 0.1) is 5.41 Å². The Hall–Kier alpha value is -4.63. The predicted molar refractivity (Wildman–Crippen MR) is 193 cm³/mol. The number of hydroxylamine groups is 2. The molecule has 2 aliphatic carbocycles. The summed E-state index contributed by atoms with van der Waals surface area (Å²) in [5, 5.41) is 22.8. The van der Waals surface area contributed by atoms with Gasteiger partial charge in [-0.15, -0.1) is 0 Å². The molecule has 4 fully saturated rings. The number of carbonyl (C=O) groups is 3. The molecule has 284 valence electrons. The summed E-state index contributed by atoms with van der Waals surface area (Å²) in [5.41, 5.74) is 3.29. The fourth-order valence-corrected chi connectivity index (χ4v) is 8.91. The Labute approximate surface area is 313 Å². The largest absolute Gasteiger partial charge is 0.499 e. The van der Waals surface area contributed by atoms with E-state index in [1.54, 1.807) is 18.2 Å². The highest BCUT2D eigenvalue weighted by molar-refractivity contribution is 5.96. The Bertz CT molecular complexity index is 1860.